The van der Waals surface area contributed by atoms with Crippen LogP contribution in [0.15, 0.2) is 45.3 Å². The molecule has 1 N–H and O–H groups in total. The summed E-state index contributed by atoms with van der Waals surface area (Å²) in [5, 5.41) is 13.6. The highest BCUT2D eigenvalue weighted by molar-refractivity contribution is 9.11. The van der Waals surface area contributed by atoms with E-state index in [1.54, 1.807) is 12.1 Å². The first-order chi connectivity index (χ1) is 8.97. The van der Waals surface area contributed by atoms with Crippen molar-refractivity contribution >= 4 is 48.9 Å². The molecule has 0 aliphatic rings. The molecule has 4 nitrogen and oxygen atoms in total. The van der Waals surface area contributed by atoms with Gasteiger partial charge in [0, 0.05) is 20.7 Å². The Bertz CT molecular complexity index is 629. The van der Waals surface area contributed by atoms with Gasteiger partial charge in [-0.3, -0.25) is 10.1 Å². The van der Waals surface area contributed by atoms with Crippen molar-refractivity contribution in [2.45, 2.75) is 0 Å². The molecule has 0 radical (unpaired) electrons. The van der Waals surface area contributed by atoms with Gasteiger partial charge in [0.2, 0.25) is 0 Å². The molecule has 0 atom stereocenters. The molecule has 0 aliphatic heterocycles. The number of nitro benzene ring substituents is 1. The number of benzene rings is 2. The molecule has 0 aromatic heterocycles. The second kappa shape index (κ2) is 5.66. The number of halogens is 3. The predicted molar refractivity (Wildman–Crippen MR) is 78.2 cm³/mol. The number of rotatable bonds is 3. The Balaban J connectivity index is 2.41. The van der Waals surface area contributed by atoms with Gasteiger partial charge >= 0.3 is 0 Å². The van der Waals surface area contributed by atoms with Crippen molar-refractivity contribution < 1.29 is 9.31 Å². The van der Waals surface area contributed by atoms with E-state index in [9.17, 15) is 14.5 Å². The van der Waals surface area contributed by atoms with Crippen LogP contribution in [0.4, 0.5) is 21.5 Å². The molecule has 19 heavy (non-hydrogen) atoms. The molecule has 7 heteroatoms. The molecule has 2 rings (SSSR count). The molecule has 0 spiro atoms. The van der Waals surface area contributed by atoms with E-state index in [0.717, 1.165) is 15.0 Å². The first kappa shape index (κ1) is 14.0. The maximum absolute atomic E-state index is 13.3. The number of hydrogen-bond acceptors (Lipinski definition) is 3. The third-order valence-electron chi connectivity index (χ3n) is 2.33. The summed E-state index contributed by atoms with van der Waals surface area (Å²) in [5.41, 5.74) is 0.673. The highest BCUT2D eigenvalue weighted by atomic mass is 79.9. The zero-order valence-electron chi connectivity index (χ0n) is 9.36. The van der Waals surface area contributed by atoms with E-state index in [0.29, 0.717) is 11.4 Å². The van der Waals surface area contributed by atoms with Crippen molar-refractivity contribution in [3.05, 3.63) is 61.3 Å². The summed E-state index contributed by atoms with van der Waals surface area (Å²) < 4.78 is 14.8. The van der Waals surface area contributed by atoms with Crippen molar-refractivity contribution in [3.8, 4) is 0 Å². The van der Waals surface area contributed by atoms with Gasteiger partial charge in [0.15, 0.2) is 0 Å². The van der Waals surface area contributed by atoms with Crippen molar-refractivity contribution in [2.75, 3.05) is 5.32 Å². The molecular weight excluding hydrogens is 383 g/mol. The lowest BCUT2D eigenvalue weighted by Gasteiger charge is -2.10. The molecule has 2 aromatic carbocycles. The number of para-hydroxylation sites is 1. The molecule has 0 unspecified atom stereocenters. The first-order valence-corrected chi connectivity index (χ1v) is 6.72. The van der Waals surface area contributed by atoms with Crippen molar-refractivity contribution in [1.29, 1.82) is 0 Å². The summed E-state index contributed by atoms with van der Waals surface area (Å²) >= 11 is 6.70. The number of non-ortho nitro benzene ring substituents is 1. The van der Waals surface area contributed by atoms with Gasteiger partial charge in [-0.25, -0.2) is 4.39 Å². The SMILES string of the molecule is O=[N+]([O-])c1cc(F)cc(Nc2c(Br)cccc2Br)c1. The van der Waals surface area contributed by atoms with Crippen molar-refractivity contribution in [1.82, 2.24) is 0 Å². The van der Waals surface area contributed by atoms with Crippen LogP contribution >= 0.6 is 31.9 Å². The number of nitrogens with zero attached hydrogens (tertiary/aromatic N) is 1. The average molecular weight is 390 g/mol. The fourth-order valence-corrected chi connectivity index (χ4v) is 2.71. The van der Waals surface area contributed by atoms with E-state index >= 15 is 0 Å². The third-order valence-corrected chi connectivity index (χ3v) is 3.65. The van der Waals surface area contributed by atoms with Crippen LogP contribution in [0.5, 0.6) is 0 Å². The lowest BCUT2D eigenvalue weighted by atomic mass is 10.2. The Kier molecular flexibility index (Phi) is 4.16. The van der Waals surface area contributed by atoms with Crippen LogP contribution in [0.3, 0.4) is 0 Å². The van der Waals surface area contributed by atoms with Gasteiger partial charge in [0.1, 0.15) is 5.82 Å². The Morgan fingerprint density at radius 2 is 1.79 bits per heavy atom. The van der Waals surface area contributed by atoms with Crippen molar-refractivity contribution in [3.63, 3.8) is 0 Å². The third kappa shape index (κ3) is 3.30. The molecule has 0 saturated heterocycles. The number of hydrogen-bond donors (Lipinski definition) is 1. The highest BCUT2D eigenvalue weighted by Crippen LogP contribution is 2.34. The summed E-state index contributed by atoms with van der Waals surface area (Å²) in [6.07, 6.45) is 0. The monoisotopic (exact) mass is 388 g/mol. The number of nitro groups is 1. The Morgan fingerprint density at radius 1 is 1.16 bits per heavy atom. The summed E-state index contributed by atoms with van der Waals surface area (Å²) in [6, 6.07) is 8.78. The second-order valence-corrected chi connectivity index (χ2v) is 5.39. The van der Waals surface area contributed by atoms with E-state index in [4.69, 9.17) is 0 Å². The van der Waals surface area contributed by atoms with Crippen LogP contribution in [-0.2, 0) is 0 Å². The Labute approximate surface area is 125 Å². The molecule has 0 amide bonds. The van der Waals surface area contributed by atoms with E-state index in [2.05, 4.69) is 37.2 Å². The van der Waals surface area contributed by atoms with E-state index < -0.39 is 10.7 Å². The average Bonchev–Trinajstić information content (AvgIpc) is 2.33. The largest absolute Gasteiger partial charge is 0.353 e. The van der Waals surface area contributed by atoms with Crippen LogP contribution in [0.1, 0.15) is 0 Å². The van der Waals surface area contributed by atoms with Crippen LogP contribution in [0.25, 0.3) is 0 Å². The van der Waals surface area contributed by atoms with Gasteiger partial charge < -0.3 is 5.32 Å². The smallest absolute Gasteiger partial charge is 0.274 e. The molecule has 0 heterocycles. The lowest BCUT2D eigenvalue weighted by Crippen LogP contribution is -1.96. The van der Waals surface area contributed by atoms with Crippen molar-refractivity contribution in [2.24, 2.45) is 0 Å². The summed E-state index contributed by atoms with van der Waals surface area (Å²) in [4.78, 5) is 10.0. The van der Waals surface area contributed by atoms with Gasteiger partial charge in [-0.05, 0) is 50.1 Å². The minimum Gasteiger partial charge on any atom is -0.353 e. The molecule has 0 fully saturated rings. The van der Waals surface area contributed by atoms with Gasteiger partial charge in [-0.1, -0.05) is 6.07 Å². The molecule has 98 valence electrons. The molecule has 0 bridgehead atoms. The lowest BCUT2D eigenvalue weighted by molar-refractivity contribution is -0.385. The van der Waals surface area contributed by atoms with E-state index in [1.807, 2.05) is 6.07 Å². The van der Waals surface area contributed by atoms with Crippen LogP contribution in [0.2, 0.25) is 0 Å². The molecule has 2 aromatic rings. The summed E-state index contributed by atoms with van der Waals surface area (Å²) in [5.74, 6) is -0.667. The van der Waals surface area contributed by atoms with Gasteiger partial charge in [0.25, 0.3) is 5.69 Å². The summed E-state index contributed by atoms with van der Waals surface area (Å²) in [6.45, 7) is 0. The zero-order valence-corrected chi connectivity index (χ0v) is 12.5. The summed E-state index contributed by atoms with van der Waals surface area (Å²) in [7, 11) is 0. The maximum atomic E-state index is 13.3. The molecular formula is C12H7Br2FN2O2. The van der Waals surface area contributed by atoms with Crippen LogP contribution < -0.4 is 5.32 Å². The second-order valence-electron chi connectivity index (χ2n) is 3.68. The van der Waals surface area contributed by atoms with E-state index in [1.165, 1.54) is 12.1 Å². The topological polar surface area (TPSA) is 55.2 Å². The number of nitrogens with one attached hydrogen (secondary N) is 1. The fraction of sp³-hybridized carbons (Fsp3) is 0. The van der Waals surface area contributed by atoms with Gasteiger partial charge in [0.05, 0.1) is 16.7 Å². The standard InChI is InChI=1S/C12H7Br2FN2O2/c13-10-2-1-3-11(14)12(10)16-8-4-7(15)5-9(6-8)17(18)19/h1-6,16H. The maximum Gasteiger partial charge on any atom is 0.274 e. The van der Waals surface area contributed by atoms with Gasteiger partial charge in [-0.15, -0.1) is 0 Å². The Hall–Kier alpha value is -1.47. The minimum atomic E-state index is -0.667. The van der Waals surface area contributed by atoms with Crippen LogP contribution in [0, 0.1) is 15.9 Å². The Morgan fingerprint density at radius 3 is 2.37 bits per heavy atom. The predicted octanol–water partition coefficient (Wildman–Crippen LogP) is 5.00. The first-order valence-electron chi connectivity index (χ1n) is 5.13. The van der Waals surface area contributed by atoms with E-state index in [-0.39, 0.29) is 5.69 Å². The molecule has 0 saturated carbocycles. The normalized spacial score (nSPS) is 10.3. The number of anilines is 2. The highest BCUT2D eigenvalue weighted by Gasteiger charge is 2.11. The zero-order chi connectivity index (χ0) is 14.0. The quantitative estimate of drug-likeness (QED) is 0.593. The minimum absolute atomic E-state index is 0.300. The van der Waals surface area contributed by atoms with Crippen LogP contribution in [-0.4, -0.2) is 4.92 Å². The fourth-order valence-electron chi connectivity index (χ4n) is 1.51. The molecule has 0 aliphatic carbocycles. The van der Waals surface area contributed by atoms with Gasteiger partial charge in [-0.2, -0.15) is 0 Å².